The number of β-amino-alcohol motifs (C(OH)–C–C–N with tert-alkyl or cyclic N) is 1. The molecule has 3 unspecified atom stereocenters. The van der Waals surface area contributed by atoms with Crippen molar-refractivity contribution in [3.05, 3.63) is 29.3 Å². The van der Waals surface area contributed by atoms with E-state index < -0.39 is 171 Å². The highest BCUT2D eigenvalue weighted by molar-refractivity contribution is 5.98. The van der Waals surface area contributed by atoms with Crippen molar-refractivity contribution in [1.29, 1.82) is 0 Å². The quantitative estimate of drug-likeness (QED) is 0.0452. The van der Waals surface area contributed by atoms with Crippen LogP contribution in [-0.4, -0.2) is 198 Å². The van der Waals surface area contributed by atoms with Crippen LogP contribution in [0.15, 0.2) is 18.2 Å². The van der Waals surface area contributed by atoms with Crippen LogP contribution < -0.4 is 32.3 Å². The molecular weight excluding hydrogens is 1010 g/mol. The molecule has 77 heavy (non-hydrogen) atoms. The number of nitrogens with two attached hydrogens (primary N) is 1. The molecule has 3 aliphatic rings. The largest absolute Gasteiger partial charge is 0.507 e. The molecule has 14 atom stereocenters. The second-order valence-electron chi connectivity index (χ2n) is 21.0. The molecule has 0 saturated carbocycles. The number of nitrogens with zero attached hydrogens (tertiary/aromatic N) is 2. The molecule has 0 radical (unpaired) electrons. The number of benzene rings is 1. The predicted octanol–water partition coefficient (Wildman–Crippen LogP) is -2.36. The third-order valence-electron chi connectivity index (χ3n) is 14.6. The summed E-state index contributed by atoms with van der Waals surface area (Å²) >= 11 is 0. The van der Waals surface area contributed by atoms with E-state index in [0.717, 1.165) is 74.5 Å². The van der Waals surface area contributed by atoms with Crippen LogP contribution in [0.1, 0.15) is 134 Å². The SMILES string of the molecule is CCC(C)CC(C)CCCCCCCCC(=O)NC1C[C@@H](O)CNC(=O)[C@@H]2[C@@H](O)CCN2C(=O)[C@H]([C@@H](O)CC(N)=O)NC(=O)[C@H]([C@H](O)Cc2ccc(O)c(C(=O)OC)c2)NC(=O)[C@@H]2C[C@@H](O)CN2C(=O)[C@H]([C@H](C)O)NC1=O. The Morgan fingerprint density at radius 1 is 0.779 bits per heavy atom. The molecule has 25 nitrogen and oxygen atoms in total. The number of rotatable bonds is 21. The van der Waals surface area contributed by atoms with E-state index in [0.29, 0.717) is 24.7 Å². The standard InChI is InChI=1S/C52H82N8O17/c1-6-27(2)19-28(3)13-11-9-7-8-10-12-14-41(69)55-34-22-31(62)25-54-49(73)45-37(65)17-18-59(45)51(75)44(39(67)24-40(53)68)58-48(72)43(38(66)21-30-15-16-36(64)33(20-30)52(76)77-5)57-47(71)35-23-32(63)26-60(35)50(74)42(29(4)61)56-46(34)70/h15-16,20,27-29,31-32,34-35,37-39,42-45,61-67H,6-14,17-19,21-26H2,1-5H3,(H2,53,68)(H,54,73)(H,55,69)(H,56,70)(H,57,71)(H,58,72)/t27?,28?,29-,31+,32+,34?,35-,37-,38+,39-,42-,43-,44-,45-/m0/s1. The van der Waals surface area contributed by atoms with Crippen LogP contribution in [0.5, 0.6) is 5.75 Å². The number of nitrogens with one attached hydrogen (secondary N) is 5. The monoisotopic (exact) mass is 1090 g/mol. The first kappa shape index (κ1) is 63.5. The number of esters is 1. The summed E-state index contributed by atoms with van der Waals surface area (Å²) in [6, 6.07) is -7.72. The summed E-state index contributed by atoms with van der Waals surface area (Å²) in [7, 11) is 1.05. The van der Waals surface area contributed by atoms with E-state index in [2.05, 4.69) is 47.4 Å². The molecule has 3 fully saturated rings. The van der Waals surface area contributed by atoms with Gasteiger partial charge in [-0.3, -0.25) is 38.4 Å². The number of aromatic hydroxyl groups is 1. The third-order valence-corrected chi connectivity index (χ3v) is 14.6. The van der Waals surface area contributed by atoms with E-state index >= 15 is 0 Å². The summed E-state index contributed by atoms with van der Waals surface area (Å²) in [4.78, 5) is 125. The van der Waals surface area contributed by atoms with E-state index in [1.165, 1.54) is 12.5 Å². The van der Waals surface area contributed by atoms with Crippen molar-refractivity contribution in [3.8, 4) is 5.75 Å². The number of hydrogen-bond donors (Lipinski definition) is 13. The number of aliphatic hydroxyl groups is 6. The number of phenolic OH excluding ortho intramolecular Hbond substituents is 1. The molecule has 1 aromatic carbocycles. The van der Waals surface area contributed by atoms with Gasteiger partial charge >= 0.3 is 5.97 Å². The Morgan fingerprint density at radius 3 is 2.06 bits per heavy atom. The number of carbonyl (C=O) groups is 9. The van der Waals surface area contributed by atoms with Crippen molar-refractivity contribution in [2.45, 2.75) is 197 Å². The maximum absolute atomic E-state index is 14.5. The highest BCUT2D eigenvalue weighted by Gasteiger charge is 2.48. The fraction of sp³-hybridized carbons (Fsp3) is 0.712. The van der Waals surface area contributed by atoms with E-state index in [-0.39, 0.29) is 30.5 Å². The Morgan fingerprint density at radius 2 is 1.42 bits per heavy atom. The molecule has 3 aliphatic heterocycles. The molecule has 1 aromatic rings. The number of phenols is 1. The fourth-order valence-electron chi connectivity index (χ4n) is 10.1. The van der Waals surface area contributed by atoms with Gasteiger partial charge in [-0.1, -0.05) is 71.8 Å². The Balaban J connectivity index is 1.68. The minimum atomic E-state index is -2.17. The first-order valence-corrected chi connectivity index (χ1v) is 26.7. The van der Waals surface area contributed by atoms with E-state index in [9.17, 15) is 78.9 Å². The average Bonchev–Trinajstić information content (AvgIpc) is 3.97. The average molecular weight is 1090 g/mol. The van der Waals surface area contributed by atoms with Gasteiger partial charge in [0, 0.05) is 45.3 Å². The molecule has 0 aromatic heterocycles. The van der Waals surface area contributed by atoms with E-state index in [1.807, 2.05) is 0 Å². The van der Waals surface area contributed by atoms with Crippen molar-refractivity contribution in [3.63, 3.8) is 0 Å². The topological polar surface area (TPSA) is 397 Å². The van der Waals surface area contributed by atoms with Gasteiger partial charge in [0.15, 0.2) is 0 Å². The number of hydrogen-bond acceptors (Lipinski definition) is 17. The summed E-state index contributed by atoms with van der Waals surface area (Å²) in [5, 5.41) is 89.5. The van der Waals surface area contributed by atoms with Crippen LogP contribution >= 0.6 is 0 Å². The Labute approximate surface area is 448 Å². The van der Waals surface area contributed by atoms with Gasteiger partial charge in [-0.25, -0.2) is 4.79 Å². The molecule has 432 valence electrons. The van der Waals surface area contributed by atoms with Crippen molar-refractivity contribution >= 4 is 53.2 Å². The van der Waals surface area contributed by atoms with Crippen LogP contribution in [-0.2, 0) is 49.5 Å². The van der Waals surface area contributed by atoms with Crippen LogP contribution in [0.25, 0.3) is 0 Å². The molecule has 3 heterocycles. The molecule has 25 heteroatoms. The number of ether oxygens (including phenoxy) is 1. The van der Waals surface area contributed by atoms with Crippen molar-refractivity contribution in [2.75, 3.05) is 26.7 Å². The Hall–Kier alpha value is -5.99. The van der Waals surface area contributed by atoms with Crippen LogP contribution in [0.3, 0.4) is 0 Å². The summed E-state index contributed by atoms with van der Waals surface area (Å²) < 4.78 is 4.70. The van der Waals surface area contributed by atoms with Gasteiger partial charge in [0.1, 0.15) is 47.6 Å². The maximum Gasteiger partial charge on any atom is 0.341 e. The minimum Gasteiger partial charge on any atom is -0.507 e. The second kappa shape index (κ2) is 30.2. The number of amides is 8. The van der Waals surface area contributed by atoms with Gasteiger partial charge < -0.3 is 82.6 Å². The van der Waals surface area contributed by atoms with E-state index in [1.54, 1.807) is 0 Å². The minimum absolute atomic E-state index is 0.0150. The maximum atomic E-state index is 14.5. The summed E-state index contributed by atoms with van der Waals surface area (Å²) in [5.41, 5.74) is 5.11. The highest BCUT2D eigenvalue weighted by atomic mass is 16.5. The molecule has 0 aliphatic carbocycles. The van der Waals surface area contributed by atoms with Gasteiger partial charge in [0.25, 0.3) is 0 Å². The van der Waals surface area contributed by atoms with Gasteiger partial charge in [0.2, 0.25) is 47.3 Å². The van der Waals surface area contributed by atoms with Crippen LogP contribution in [0.2, 0.25) is 0 Å². The van der Waals surface area contributed by atoms with Gasteiger partial charge in [-0.05, 0) is 55.7 Å². The molecule has 0 bridgehead atoms. The number of methoxy groups -OCH3 is 1. The smallest absolute Gasteiger partial charge is 0.341 e. The van der Waals surface area contributed by atoms with Crippen molar-refractivity contribution < 1.29 is 83.6 Å². The summed E-state index contributed by atoms with van der Waals surface area (Å²) in [5.74, 6) is -8.94. The Kier molecular flexibility index (Phi) is 25.0. The Bertz CT molecular complexity index is 2220. The lowest BCUT2D eigenvalue weighted by Crippen LogP contribution is -2.64. The lowest BCUT2D eigenvalue weighted by molar-refractivity contribution is -0.147. The number of unbranched alkanes of at least 4 members (excludes halogenated alkanes) is 5. The number of aliphatic hydroxyl groups excluding tert-OH is 6. The fourth-order valence-corrected chi connectivity index (χ4v) is 10.1. The van der Waals surface area contributed by atoms with Crippen LogP contribution in [0, 0.1) is 11.8 Å². The first-order chi connectivity index (χ1) is 36.4. The lowest BCUT2D eigenvalue weighted by Gasteiger charge is -2.33. The normalized spacial score (nSPS) is 27.1. The zero-order valence-electron chi connectivity index (χ0n) is 44.7. The first-order valence-electron chi connectivity index (χ1n) is 26.7. The van der Waals surface area contributed by atoms with Gasteiger partial charge in [-0.15, -0.1) is 0 Å². The molecule has 3 saturated heterocycles. The van der Waals surface area contributed by atoms with Gasteiger partial charge in [-0.2, -0.15) is 0 Å². The number of fused-ring (bicyclic) bond motifs is 2. The summed E-state index contributed by atoms with van der Waals surface area (Å²) in [6.45, 7) is 6.33. The van der Waals surface area contributed by atoms with Crippen molar-refractivity contribution in [1.82, 2.24) is 36.4 Å². The summed E-state index contributed by atoms with van der Waals surface area (Å²) in [6.07, 6.45) is -4.57. The van der Waals surface area contributed by atoms with Crippen LogP contribution in [0.4, 0.5) is 0 Å². The third kappa shape index (κ3) is 18.6. The highest BCUT2D eigenvalue weighted by Crippen LogP contribution is 2.26. The van der Waals surface area contributed by atoms with E-state index in [4.69, 9.17) is 10.5 Å². The molecule has 14 N–H and O–H groups in total. The molecule has 4 rings (SSSR count). The number of carbonyl (C=O) groups excluding carboxylic acids is 9. The van der Waals surface area contributed by atoms with Gasteiger partial charge in [0.05, 0.1) is 50.2 Å². The molecule has 0 spiro atoms. The molecule has 8 amide bonds. The predicted molar refractivity (Wildman–Crippen MR) is 274 cm³/mol. The zero-order valence-corrected chi connectivity index (χ0v) is 44.7. The lowest BCUT2D eigenvalue weighted by atomic mass is 9.91. The number of primary amides is 1. The molecular formula is C52H82N8O17. The zero-order chi connectivity index (χ0) is 57.3. The van der Waals surface area contributed by atoms with Crippen molar-refractivity contribution in [2.24, 2.45) is 17.6 Å². The second-order valence-corrected chi connectivity index (χ2v) is 21.0.